The van der Waals surface area contributed by atoms with Gasteiger partial charge in [-0.25, -0.2) is 0 Å². The molecule has 30 heavy (non-hydrogen) atoms. The van der Waals surface area contributed by atoms with Crippen LogP contribution in [0.3, 0.4) is 0 Å². The third kappa shape index (κ3) is 4.47. The van der Waals surface area contributed by atoms with E-state index in [1.165, 1.54) is 31.3 Å². The lowest BCUT2D eigenvalue weighted by Crippen LogP contribution is -2.24. The van der Waals surface area contributed by atoms with E-state index in [0.717, 1.165) is 12.8 Å². The quantitative estimate of drug-likeness (QED) is 0.501. The Balaban J connectivity index is 1.85. The van der Waals surface area contributed by atoms with E-state index >= 15 is 0 Å². The highest BCUT2D eigenvalue weighted by Gasteiger charge is 2.22. The van der Waals surface area contributed by atoms with E-state index in [-0.39, 0.29) is 5.41 Å². The van der Waals surface area contributed by atoms with E-state index in [2.05, 4.69) is 123 Å². The van der Waals surface area contributed by atoms with E-state index in [1.54, 1.807) is 0 Å². The second kappa shape index (κ2) is 9.28. The molecular formula is C29H28S. The van der Waals surface area contributed by atoms with E-state index < -0.39 is 0 Å². The van der Waals surface area contributed by atoms with Gasteiger partial charge in [0.15, 0.2) is 0 Å². The summed E-state index contributed by atoms with van der Waals surface area (Å²) in [6.45, 7) is 4.36. The number of fused-ring (bicyclic) bond motifs is 1. The molecule has 1 unspecified atom stereocenters. The number of rotatable bonds is 5. The van der Waals surface area contributed by atoms with Crippen LogP contribution >= 0.6 is 11.3 Å². The molecule has 0 fully saturated rings. The second-order valence-electron chi connectivity index (χ2n) is 7.91. The summed E-state index contributed by atoms with van der Waals surface area (Å²) < 4.78 is 1.36. The van der Waals surface area contributed by atoms with Crippen molar-refractivity contribution in [1.29, 1.82) is 0 Å². The van der Waals surface area contributed by atoms with Gasteiger partial charge in [-0.2, -0.15) is 0 Å². The van der Waals surface area contributed by atoms with Crippen molar-refractivity contribution in [3.05, 3.63) is 122 Å². The Kier molecular flexibility index (Phi) is 6.30. The fraction of sp³-hybridized carbons (Fsp3) is 0.172. The largest absolute Gasteiger partial charge is 0.140 e. The lowest BCUT2D eigenvalue weighted by Gasteiger charge is -2.21. The molecule has 0 saturated heterocycles. The molecule has 0 spiro atoms. The molecule has 4 rings (SSSR count). The fourth-order valence-corrected chi connectivity index (χ4v) is 5.33. The molecule has 0 radical (unpaired) electrons. The van der Waals surface area contributed by atoms with Crippen molar-refractivity contribution in [2.75, 3.05) is 0 Å². The van der Waals surface area contributed by atoms with Gasteiger partial charge in [0.05, 0.1) is 0 Å². The summed E-state index contributed by atoms with van der Waals surface area (Å²) in [5.74, 6) is 0. The normalized spacial score (nSPS) is 20.5. The predicted octanol–water partition coefficient (Wildman–Crippen LogP) is 6.41. The van der Waals surface area contributed by atoms with Crippen LogP contribution in [0.25, 0.3) is 18.2 Å². The standard InChI is InChI=1S/C29H28S/c1-3-4-8-18-25-26-19-13-20-29(2,24-16-11-7-12-17-24)22-28(26)30-27(25)21-23-14-9-5-6-10-15-23/h3-5,7-20,22H,6,21H2,1-2H3/b4-3-,18-8-. The van der Waals surface area contributed by atoms with Crippen molar-refractivity contribution < 1.29 is 0 Å². The molecule has 1 heteroatoms. The van der Waals surface area contributed by atoms with Crippen LogP contribution in [-0.4, -0.2) is 0 Å². The van der Waals surface area contributed by atoms with Crippen LogP contribution in [0.5, 0.6) is 0 Å². The molecule has 1 aromatic carbocycles. The number of hydrogen-bond acceptors (Lipinski definition) is 1. The van der Waals surface area contributed by atoms with Gasteiger partial charge in [0, 0.05) is 21.2 Å². The summed E-state index contributed by atoms with van der Waals surface area (Å²) >= 11 is 1.93. The van der Waals surface area contributed by atoms with Crippen LogP contribution in [0.4, 0.5) is 0 Å². The van der Waals surface area contributed by atoms with E-state index in [9.17, 15) is 0 Å². The zero-order chi connectivity index (χ0) is 20.8. The Hall–Kier alpha value is -2.90. The third-order valence-electron chi connectivity index (χ3n) is 5.60. The maximum absolute atomic E-state index is 2.44. The zero-order valence-electron chi connectivity index (χ0n) is 17.7. The van der Waals surface area contributed by atoms with Gasteiger partial charge >= 0.3 is 0 Å². The molecule has 150 valence electrons. The van der Waals surface area contributed by atoms with Crippen LogP contribution < -0.4 is 9.75 Å². The van der Waals surface area contributed by atoms with Crippen LogP contribution in [-0.2, 0) is 11.8 Å². The first-order chi connectivity index (χ1) is 14.7. The van der Waals surface area contributed by atoms with Gasteiger partial charge in [0.1, 0.15) is 0 Å². The molecule has 0 N–H and O–H groups in total. The highest BCUT2D eigenvalue weighted by Crippen LogP contribution is 2.29. The minimum atomic E-state index is -0.111. The molecule has 1 heterocycles. The Labute approximate surface area is 184 Å². The van der Waals surface area contributed by atoms with Crippen LogP contribution in [0.1, 0.15) is 36.3 Å². The van der Waals surface area contributed by atoms with Gasteiger partial charge in [-0.3, -0.25) is 0 Å². The van der Waals surface area contributed by atoms with Gasteiger partial charge in [-0.15, -0.1) is 11.3 Å². The lowest BCUT2D eigenvalue weighted by molar-refractivity contribution is 0.806. The van der Waals surface area contributed by atoms with Crippen LogP contribution in [0.15, 0.2) is 96.7 Å². The summed E-state index contributed by atoms with van der Waals surface area (Å²) in [6, 6.07) is 10.8. The topological polar surface area (TPSA) is 0 Å². The highest BCUT2D eigenvalue weighted by molar-refractivity contribution is 7.10. The Morgan fingerprint density at radius 2 is 1.90 bits per heavy atom. The first-order valence-electron chi connectivity index (χ1n) is 10.6. The number of thiophene rings is 1. The Morgan fingerprint density at radius 1 is 1.03 bits per heavy atom. The molecule has 2 aliphatic rings. The average molecular weight is 409 g/mol. The summed E-state index contributed by atoms with van der Waals surface area (Å²) in [7, 11) is 0. The highest BCUT2D eigenvalue weighted by atomic mass is 32.1. The first kappa shape index (κ1) is 20.4. The predicted molar refractivity (Wildman–Crippen MR) is 134 cm³/mol. The van der Waals surface area contributed by atoms with Crippen molar-refractivity contribution in [2.24, 2.45) is 0 Å². The van der Waals surface area contributed by atoms with Crippen molar-refractivity contribution in [3.63, 3.8) is 0 Å². The van der Waals surface area contributed by atoms with Gasteiger partial charge in [-0.1, -0.05) is 109 Å². The van der Waals surface area contributed by atoms with Crippen LogP contribution in [0.2, 0.25) is 0 Å². The van der Waals surface area contributed by atoms with Gasteiger partial charge in [-0.05, 0) is 42.2 Å². The first-order valence-corrected chi connectivity index (χ1v) is 11.4. The minimum absolute atomic E-state index is 0.111. The molecule has 2 aromatic rings. The molecular weight excluding hydrogens is 380 g/mol. The molecule has 0 saturated carbocycles. The minimum Gasteiger partial charge on any atom is -0.140 e. The van der Waals surface area contributed by atoms with Crippen molar-refractivity contribution in [2.45, 2.75) is 32.1 Å². The molecule has 0 aliphatic heterocycles. The van der Waals surface area contributed by atoms with Crippen LogP contribution in [0, 0.1) is 0 Å². The summed E-state index contributed by atoms with van der Waals surface area (Å²) in [4.78, 5) is 1.42. The molecule has 0 bridgehead atoms. The monoisotopic (exact) mass is 408 g/mol. The van der Waals surface area contributed by atoms with E-state index in [4.69, 9.17) is 0 Å². The van der Waals surface area contributed by atoms with E-state index in [1.807, 2.05) is 11.3 Å². The molecule has 1 aromatic heterocycles. The summed E-state index contributed by atoms with van der Waals surface area (Å²) in [5.41, 5.74) is 3.92. The molecule has 0 nitrogen and oxygen atoms in total. The third-order valence-corrected chi connectivity index (χ3v) is 6.77. The second-order valence-corrected chi connectivity index (χ2v) is 9.04. The average Bonchev–Trinajstić information content (AvgIpc) is 2.94. The van der Waals surface area contributed by atoms with Gasteiger partial charge in [0.2, 0.25) is 0 Å². The number of hydrogen-bond donors (Lipinski definition) is 0. The fourth-order valence-electron chi connectivity index (χ4n) is 3.95. The smallest absolute Gasteiger partial charge is 0.0324 e. The number of benzene rings is 1. The van der Waals surface area contributed by atoms with Gasteiger partial charge in [0.25, 0.3) is 0 Å². The van der Waals surface area contributed by atoms with Gasteiger partial charge < -0.3 is 0 Å². The van der Waals surface area contributed by atoms with Crippen molar-refractivity contribution in [1.82, 2.24) is 0 Å². The zero-order valence-corrected chi connectivity index (χ0v) is 18.5. The molecule has 0 amide bonds. The Bertz CT molecular complexity index is 1190. The summed E-state index contributed by atoms with van der Waals surface area (Å²) in [6.07, 6.45) is 31.0. The van der Waals surface area contributed by atoms with Crippen molar-refractivity contribution in [3.8, 4) is 0 Å². The number of allylic oxidation sites excluding steroid dienone is 11. The Morgan fingerprint density at radius 3 is 2.73 bits per heavy atom. The van der Waals surface area contributed by atoms with E-state index in [0.29, 0.717) is 0 Å². The van der Waals surface area contributed by atoms with Crippen molar-refractivity contribution >= 4 is 29.6 Å². The maximum atomic E-state index is 2.44. The SMILES string of the molecule is C/C=C\C=C/c1c(CC2=CC=CCC=C2)sc2c1=CC=CC(C)(c1ccccc1)C=2. The molecule has 2 aliphatic carbocycles. The summed E-state index contributed by atoms with van der Waals surface area (Å²) in [5, 5.41) is 1.33. The maximum Gasteiger partial charge on any atom is 0.0324 e. The molecule has 1 atom stereocenters. The lowest BCUT2D eigenvalue weighted by atomic mass is 9.82.